The van der Waals surface area contributed by atoms with Gasteiger partial charge in [-0.3, -0.25) is 4.79 Å². The molecule has 0 fully saturated rings. The average Bonchev–Trinajstić information content (AvgIpc) is 3.10. The quantitative estimate of drug-likeness (QED) is 0.462. The largest absolute Gasteiger partial charge is 0.287 e. The van der Waals surface area contributed by atoms with Crippen molar-refractivity contribution in [2.75, 3.05) is 0 Å². The van der Waals surface area contributed by atoms with E-state index in [0.717, 1.165) is 24.2 Å². The van der Waals surface area contributed by atoms with Crippen molar-refractivity contribution in [3.8, 4) is 0 Å². The first-order valence-corrected chi connectivity index (χ1v) is 9.27. The Morgan fingerprint density at radius 2 is 1.89 bits per heavy atom. The summed E-state index contributed by atoms with van der Waals surface area (Å²) in [6.45, 7) is 0. The molecule has 0 bridgehead atoms. The molecule has 3 heterocycles. The predicted molar refractivity (Wildman–Crippen MR) is 87.9 cm³/mol. The van der Waals surface area contributed by atoms with Gasteiger partial charge in [-0.2, -0.15) is 0 Å². The summed E-state index contributed by atoms with van der Waals surface area (Å²) in [4.78, 5) is 16.4. The molecule has 1 nitrogen and oxygen atoms in total. The van der Waals surface area contributed by atoms with E-state index in [9.17, 15) is 4.79 Å². The van der Waals surface area contributed by atoms with Crippen molar-refractivity contribution in [2.24, 2.45) is 0 Å². The van der Waals surface area contributed by atoms with Gasteiger partial charge < -0.3 is 0 Å². The molecule has 6 heteroatoms. The molecule has 0 aromatic carbocycles. The Hall–Kier alpha value is -0.660. The van der Waals surface area contributed by atoms with Crippen LogP contribution in [0.4, 0.5) is 0 Å². The van der Waals surface area contributed by atoms with E-state index in [-0.39, 0.29) is 5.78 Å². The van der Waals surface area contributed by atoms with E-state index < -0.39 is 0 Å². The number of carbonyl (C=O) groups excluding carboxylic acids is 1. The van der Waals surface area contributed by atoms with E-state index in [4.69, 9.17) is 12.2 Å². The normalized spacial score (nSPS) is 10.7. The Kier molecular flexibility index (Phi) is 4.04. The number of carbonyl (C=O) groups is 1. The third kappa shape index (κ3) is 2.93. The van der Waals surface area contributed by atoms with Gasteiger partial charge in [-0.15, -0.1) is 45.3 Å². The summed E-state index contributed by atoms with van der Waals surface area (Å²) in [7, 11) is 0. The molecule has 0 saturated heterocycles. The predicted octanol–water partition coefficient (Wildman–Crippen LogP) is 5.48. The van der Waals surface area contributed by atoms with E-state index in [2.05, 4.69) is 11.4 Å². The lowest BCUT2D eigenvalue weighted by molar-refractivity contribution is 0.104. The van der Waals surface area contributed by atoms with Crippen molar-refractivity contribution in [1.82, 2.24) is 0 Å². The summed E-state index contributed by atoms with van der Waals surface area (Å²) in [6.07, 6.45) is 0.807. The van der Waals surface area contributed by atoms with Crippen LogP contribution in [0.2, 0.25) is 0 Å². The highest BCUT2D eigenvalue weighted by Gasteiger charge is 2.18. The van der Waals surface area contributed by atoms with Crippen molar-refractivity contribution in [1.29, 1.82) is 0 Å². The molecule has 0 unspecified atom stereocenters. The topological polar surface area (TPSA) is 17.1 Å². The van der Waals surface area contributed by atoms with Crippen molar-refractivity contribution in [2.45, 2.75) is 6.42 Å². The van der Waals surface area contributed by atoms with Gasteiger partial charge in [0.2, 0.25) is 5.78 Å². The van der Waals surface area contributed by atoms with Crippen LogP contribution in [-0.4, -0.2) is 5.78 Å². The highest BCUT2D eigenvalue weighted by Crippen LogP contribution is 2.31. The van der Waals surface area contributed by atoms with Crippen molar-refractivity contribution >= 4 is 63.3 Å². The fourth-order valence-electron chi connectivity index (χ4n) is 1.69. The van der Waals surface area contributed by atoms with Crippen LogP contribution in [0.5, 0.6) is 0 Å². The Balaban J connectivity index is 1.98. The van der Waals surface area contributed by atoms with Gasteiger partial charge >= 0.3 is 0 Å². The Morgan fingerprint density at radius 3 is 2.58 bits per heavy atom. The lowest BCUT2D eigenvalue weighted by Crippen LogP contribution is -1.99. The maximum Gasteiger partial charge on any atom is 0.214 e. The molecule has 0 saturated carbocycles. The second-order valence-electron chi connectivity index (χ2n) is 3.77. The Bertz CT molecular complexity index is 730. The van der Waals surface area contributed by atoms with Crippen LogP contribution >= 0.6 is 57.6 Å². The molecular formula is C13H8OS5. The zero-order valence-electron chi connectivity index (χ0n) is 9.62. The molecule has 96 valence electrons. The van der Waals surface area contributed by atoms with Gasteiger partial charge in [0.05, 0.1) is 9.75 Å². The van der Waals surface area contributed by atoms with E-state index >= 15 is 0 Å². The molecule has 0 aliphatic carbocycles. The molecule has 0 radical (unpaired) electrons. The van der Waals surface area contributed by atoms with Gasteiger partial charge in [-0.05, 0) is 22.9 Å². The number of rotatable bonds is 4. The van der Waals surface area contributed by atoms with Crippen LogP contribution < -0.4 is 0 Å². The minimum Gasteiger partial charge on any atom is -0.287 e. The van der Waals surface area contributed by atoms with Gasteiger partial charge in [-0.1, -0.05) is 24.4 Å². The fraction of sp³-hybridized carbons (Fsp3) is 0.0769. The van der Waals surface area contributed by atoms with Gasteiger partial charge in [0.1, 0.15) is 3.14 Å². The van der Waals surface area contributed by atoms with E-state index in [1.807, 2.05) is 23.6 Å². The molecule has 0 aliphatic heterocycles. The first kappa shape index (κ1) is 13.3. The minimum atomic E-state index is 0.110. The maximum atomic E-state index is 12.5. The van der Waals surface area contributed by atoms with Gasteiger partial charge in [0.25, 0.3) is 0 Å². The summed E-state index contributed by atoms with van der Waals surface area (Å²) in [6, 6.07) is 7.90. The van der Waals surface area contributed by atoms with Crippen molar-refractivity contribution < 1.29 is 4.79 Å². The van der Waals surface area contributed by atoms with Crippen LogP contribution in [0.25, 0.3) is 0 Å². The summed E-state index contributed by atoms with van der Waals surface area (Å²) in [5.74, 6) is 0.110. The average molecular weight is 341 g/mol. The van der Waals surface area contributed by atoms with Crippen LogP contribution in [0.3, 0.4) is 0 Å². The number of hydrogen-bond acceptors (Lipinski definition) is 6. The third-order valence-corrected chi connectivity index (χ3v) is 6.95. The molecule has 19 heavy (non-hydrogen) atoms. The third-order valence-electron chi connectivity index (χ3n) is 2.51. The molecule has 3 aromatic rings. The minimum absolute atomic E-state index is 0.110. The smallest absolute Gasteiger partial charge is 0.214 e. The lowest BCUT2D eigenvalue weighted by atomic mass is 10.2. The summed E-state index contributed by atoms with van der Waals surface area (Å²) in [5, 5.41) is 3.99. The van der Waals surface area contributed by atoms with Gasteiger partial charge in [0, 0.05) is 16.2 Å². The molecule has 0 atom stereocenters. The first-order chi connectivity index (χ1) is 9.24. The summed E-state index contributed by atoms with van der Waals surface area (Å²) in [5.41, 5.74) is 0. The van der Waals surface area contributed by atoms with Crippen molar-refractivity contribution in [3.63, 3.8) is 0 Å². The number of thiophene rings is 2. The second kappa shape index (κ2) is 5.76. The van der Waals surface area contributed by atoms with E-state index in [1.54, 1.807) is 22.7 Å². The van der Waals surface area contributed by atoms with Gasteiger partial charge in [-0.25, -0.2) is 0 Å². The SMILES string of the molecule is O=C(c1cccs1)c1sc(=S)sc1Cc1cccs1. The van der Waals surface area contributed by atoms with E-state index in [0.29, 0.717) is 0 Å². The monoisotopic (exact) mass is 340 g/mol. The molecular weight excluding hydrogens is 332 g/mol. The Labute approximate surface area is 131 Å². The lowest BCUT2D eigenvalue weighted by Gasteiger charge is -1.99. The van der Waals surface area contributed by atoms with Crippen LogP contribution in [0, 0.1) is 3.14 Å². The molecule has 3 rings (SSSR count). The zero-order chi connectivity index (χ0) is 13.2. The van der Waals surface area contributed by atoms with Crippen LogP contribution in [0.15, 0.2) is 35.0 Å². The zero-order valence-corrected chi connectivity index (χ0v) is 13.7. The molecule has 0 N–H and O–H groups in total. The molecule has 0 aliphatic rings. The first-order valence-electron chi connectivity index (χ1n) is 5.47. The maximum absolute atomic E-state index is 12.5. The molecule has 0 spiro atoms. The fourth-order valence-corrected chi connectivity index (χ4v) is 5.92. The van der Waals surface area contributed by atoms with Crippen molar-refractivity contribution in [3.05, 3.63) is 57.7 Å². The summed E-state index contributed by atoms with van der Waals surface area (Å²) >= 11 is 11.5. The van der Waals surface area contributed by atoms with Gasteiger partial charge in [0.15, 0.2) is 0 Å². The van der Waals surface area contributed by atoms with Crippen LogP contribution in [-0.2, 0) is 6.42 Å². The molecule has 3 aromatic heterocycles. The second-order valence-corrected chi connectivity index (χ2v) is 9.06. The van der Waals surface area contributed by atoms with Crippen LogP contribution in [0.1, 0.15) is 24.3 Å². The summed E-state index contributed by atoms with van der Waals surface area (Å²) < 4.78 is 0.825. The Morgan fingerprint density at radius 1 is 1.11 bits per heavy atom. The number of hydrogen-bond donors (Lipinski definition) is 0. The molecule has 0 amide bonds. The highest BCUT2D eigenvalue weighted by molar-refractivity contribution is 7.76. The highest BCUT2D eigenvalue weighted by atomic mass is 32.2. The number of ketones is 1. The standard InChI is InChI=1S/C13H8OS5/c14-11(9-4-2-6-17-9)12-10(18-13(15)19-12)7-8-3-1-5-16-8/h1-6H,7H2. The van der Waals surface area contributed by atoms with E-state index in [1.165, 1.54) is 27.6 Å².